The highest BCUT2D eigenvalue weighted by Gasteiger charge is 2.44. The number of thiophene rings is 1. The average molecular weight is 253 g/mol. The van der Waals surface area contributed by atoms with Crippen molar-refractivity contribution in [2.45, 2.75) is 32.2 Å². The van der Waals surface area contributed by atoms with E-state index >= 15 is 0 Å². The van der Waals surface area contributed by atoms with Gasteiger partial charge in [-0.3, -0.25) is 0 Å². The summed E-state index contributed by atoms with van der Waals surface area (Å²) in [5.74, 6) is 2.56. The second kappa shape index (κ2) is 3.76. The third-order valence-electron chi connectivity index (χ3n) is 3.66. The minimum atomic E-state index is 0.286. The summed E-state index contributed by atoms with van der Waals surface area (Å²) in [5.41, 5.74) is 2.35. The van der Waals surface area contributed by atoms with Crippen LogP contribution in [0.4, 0.5) is 0 Å². The third-order valence-corrected chi connectivity index (χ3v) is 6.50. The quantitative estimate of drug-likeness (QED) is 0.762. The number of rotatable bonds is 0. The summed E-state index contributed by atoms with van der Waals surface area (Å²) < 4.78 is 0. The van der Waals surface area contributed by atoms with Gasteiger partial charge in [0.1, 0.15) is 0 Å². The Hall–Kier alpha value is 0.01000. The van der Waals surface area contributed by atoms with Gasteiger partial charge in [-0.2, -0.15) is 11.8 Å². The molecule has 1 atom stereocenters. The van der Waals surface area contributed by atoms with Crippen LogP contribution in [-0.2, 0) is 12.0 Å². The largest absolute Gasteiger partial charge is 0.306 e. The first-order chi connectivity index (χ1) is 7.61. The fraction of sp³-hybridized carbons (Fsp3) is 0.692. The molecule has 0 aromatic carbocycles. The molecule has 2 aliphatic rings. The Bertz CT molecular complexity index is 396. The molecule has 0 radical (unpaired) electrons. The molecule has 88 valence electrons. The molecule has 3 rings (SSSR count). The number of nitrogens with one attached hydrogen (secondary N) is 1. The zero-order chi connectivity index (χ0) is 11.2. The number of hydrogen-bond donors (Lipinski definition) is 1. The lowest BCUT2D eigenvalue weighted by Gasteiger charge is -2.47. The minimum absolute atomic E-state index is 0.286. The Kier molecular flexibility index (Phi) is 2.61. The van der Waals surface area contributed by atoms with E-state index in [1.54, 1.807) is 10.4 Å². The molecule has 0 bridgehead atoms. The van der Waals surface area contributed by atoms with Gasteiger partial charge in [0, 0.05) is 17.2 Å². The van der Waals surface area contributed by atoms with Gasteiger partial charge in [-0.05, 0) is 41.0 Å². The van der Waals surface area contributed by atoms with Crippen molar-refractivity contribution >= 4 is 23.1 Å². The van der Waals surface area contributed by atoms with Crippen LogP contribution in [0.25, 0.3) is 0 Å². The minimum Gasteiger partial charge on any atom is -0.306 e. The van der Waals surface area contributed by atoms with Crippen LogP contribution in [0, 0.1) is 5.41 Å². The summed E-state index contributed by atoms with van der Waals surface area (Å²) in [5, 5.41) is 6.09. The van der Waals surface area contributed by atoms with E-state index in [4.69, 9.17) is 0 Å². The van der Waals surface area contributed by atoms with Gasteiger partial charge in [-0.1, -0.05) is 13.8 Å². The summed E-state index contributed by atoms with van der Waals surface area (Å²) >= 11 is 4.07. The monoisotopic (exact) mass is 253 g/mol. The van der Waals surface area contributed by atoms with Crippen LogP contribution in [0.1, 0.15) is 30.7 Å². The van der Waals surface area contributed by atoms with Gasteiger partial charge in [0.15, 0.2) is 0 Å². The summed E-state index contributed by atoms with van der Waals surface area (Å²) in [6.45, 7) is 5.97. The molecule has 1 fully saturated rings. The molecule has 1 saturated heterocycles. The van der Waals surface area contributed by atoms with Gasteiger partial charge in [0.2, 0.25) is 0 Å². The Morgan fingerprint density at radius 2 is 2.19 bits per heavy atom. The molecule has 1 aromatic rings. The van der Waals surface area contributed by atoms with Crippen LogP contribution in [0.15, 0.2) is 11.4 Å². The van der Waals surface area contributed by atoms with Crippen LogP contribution in [0.3, 0.4) is 0 Å². The highest BCUT2D eigenvalue weighted by molar-refractivity contribution is 7.99. The van der Waals surface area contributed by atoms with Crippen LogP contribution in [0.2, 0.25) is 0 Å². The molecule has 0 amide bonds. The fourth-order valence-corrected chi connectivity index (χ4v) is 5.83. The fourth-order valence-electron chi connectivity index (χ4n) is 3.15. The second-order valence-corrected chi connectivity index (χ2v) is 7.77. The summed E-state index contributed by atoms with van der Waals surface area (Å²) in [6.07, 6.45) is 2.51. The van der Waals surface area contributed by atoms with Gasteiger partial charge in [-0.15, -0.1) is 11.3 Å². The van der Waals surface area contributed by atoms with E-state index in [-0.39, 0.29) is 5.54 Å². The van der Waals surface area contributed by atoms with Crippen LogP contribution in [0.5, 0.6) is 0 Å². The van der Waals surface area contributed by atoms with Gasteiger partial charge < -0.3 is 5.32 Å². The Morgan fingerprint density at radius 3 is 3.00 bits per heavy atom. The first-order valence-corrected chi connectivity index (χ1v) is 8.04. The molecule has 3 heteroatoms. The molecular weight excluding hydrogens is 234 g/mol. The van der Waals surface area contributed by atoms with E-state index in [9.17, 15) is 0 Å². The zero-order valence-electron chi connectivity index (χ0n) is 10.0. The molecule has 2 aliphatic heterocycles. The van der Waals surface area contributed by atoms with Crippen molar-refractivity contribution in [2.24, 2.45) is 5.41 Å². The van der Waals surface area contributed by atoms with Crippen LogP contribution >= 0.6 is 23.1 Å². The molecule has 1 spiro atoms. The highest BCUT2D eigenvalue weighted by Crippen LogP contribution is 2.48. The maximum Gasteiger partial charge on any atom is 0.0628 e. The SMILES string of the molecule is CC1(C)CSCC2(C1)NCCc1ccsc12. The van der Waals surface area contributed by atoms with Crippen molar-refractivity contribution < 1.29 is 0 Å². The lowest BCUT2D eigenvalue weighted by Crippen LogP contribution is -2.53. The normalized spacial score (nSPS) is 32.6. The van der Waals surface area contributed by atoms with Crippen LogP contribution < -0.4 is 5.32 Å². The first kappa shape index (κ1) is 11.1. The van der Waals surface area contributed by atoms with Crippen molar-refractivity contribution in [2.75, 3.05) is 18.1 Å². The van der Waals surface area contributed by atoms with Crippen LogP contribution in [-0.4, -0.2) is 18.1 Å². The smallest absolute Gasteiger partial charge is 0.0628 e. The summed E-state index contributed by atoms with van der Waals surface area (Å²) in [4.78, 5) is 1.62. The predicted octanol–water partition coefficient (Wildman–Crippen LogP) is 3.25. The standard InChI is InChI=1S/C13H19NS2/c1-12(2)7-13(9-15-8-12)11-10(3-5-14-13)4-6-16-11/h4,6,14H,3,5,7-9H2,1-2H3. The molecule has 1 unspecified atom stereocenters. The average Bonchev–Trinajstić information content (AvgIpc) is 2.65. The number of thioether (sulfide) groups is 1. The molecular formula is C13H19NS2. The van der Waals surface area contributed by atoms with E-state index in [0.717, 1.165) is 6.54 Å². The Labute approximate surface area is 106 Å². The van der Waals surface area contributed by atoms with Crippen molar-refractivity contribution in [3.05, 3.63) is 21.9 Å². The molecule has 0 saturated carbocycles. The second-order valence-electron chi connectivity index (χ2n) is 5.87. The molecule has 16 heavy (non-hydrogen) atoms. The predicted molar refractivity (Wildman–Crippen MR) is 73.4 cm³/mol. The molecule has 1 nitrogen and oxygen atoms in total. The molecule has 3 heterocycles. The lowest BCUT2D eigenvalue weighted by atomic mass is 9.76. The summed E-state index contributed by atoms with van der Waals surface area (Å²) in [7, 11) is 0. The van der Waals surface area contributed by atoms with Crippen molar-refractivity contribution in [1.82, 2.24) is 5.32 Å². The maximum atomic E-state index is 3.82. The van der Waals surface area contributed by atoms with E-state index in [1.165, 1.54) is 24.3 Å². The molecule has 1 N–H and O–H groups in total. The maximum absolute atomic E-state index is 3.82. The van der Waals surface area contributed by atoms with Crippen molar-refractivity contribution in [3.63, 3.8) is 0 Å². The van der Waals surface area contributed by atoms with Gasteiger partial charge in [0.25, 0.3) is 0 Å². The van der Waals surface area contributed by atoms with Gasteiger partial charge >= 0.3 is 0 Å². The Balaban J connectivity index is 2.00. The summed E-state index contributed by atoms with van der Waals surface area (Å²) in [6, 6.07) is 2.33. The van der Waals surface area contributed by atoms with Crippen molar-refractivity contribution in [1.29, 1.82) is 0 Å². The van der Waals surface area contributed by atoms with E-state index in [1.807, 2.05) is 11.3 Å². The number of fused-ring (bicyclic) bond motifs is 2. The van der Waals surface area contributed by atoms with Crippen molar-refractivity contribution in [3.8, 4) is 0 Å². The highest BCUT2D eigenvalue weighted by atomic mass is 32.2. The van der Waals surface area contributed by atoms with E-state index < -0.39 is 0 Å². The van der Waals surface area contributed by atoms with Gasteiger partial charge in [0.05, 0.1) is 5.54 Å². The van der Waals surface area contributed by atoms with Gasteiger partial charge in [-0.25, -0.2) is 0 Å². The first-order valence-electron chi connectivity index (χ1n) is 6.01. The van der Waals surface area contributed by atoms with E-state index in [2.05, 4.69) is 42.4 Å². The lowest BCUT2D eigenvalue weighted by molar-refractivity contribution is 0.220. The molecule has 1 aromatic heterocycles. The van der Waals surface area contributed by atoms with E-state index in [0.29, 0.717) is 5.41 Å². The zero-order valence-corrected chi connectivity index (χ0v) is 11.6. The number of hydrogen-bond acceptors (Lipinski definition) is 3. The molecule has 0 aliphatic carbocycles. The Morgan fingerprint density at radius 1 is 1.31 bits per heavy atom. The topological polar surface area (TPSA) is 12.0 Å². The third kappa shape index (κ3) is 1.73.